The first-order valence-corrected chi connectivity index (χ1v) is 6.50. The Morgan fingerprint density at radius 1 is 1.26 bits per heavy atom. The van der Waals surface area contributed by atoms with E-state index in [0.29, 0.717) is 12.4 Å². The average Bonchev–Trinajstić information content (AvgIpc) is 2.35. The molecule has 0 spiro atoms. The van der Waals surface area contributed by atoms with E-state index in [1.807, 2.05) is 24.3 Å². The summed E-state index contributed by atoms with van der Waals surface area (Å²) in [6.07, 6.45) is 0. The van der Waals surface area contributed by atoms with Gasteiger partial charge in [0.1, 0.15) is 18.4 Å². The quantitative estimate of drug-likeness (QED) is 0.829. The number of carbonyl (C=O) groups excluding carboxylic acids is 1. The molecule has 0 bridgehead atoms. The van der Waals surface area contributed by atoms with Gasteiger partial charge in [-0.3, -0.25) is 4.79 Å². The number of carbonyl (C=O) groups is 1. The van der Waals surface area contributed by atoms with Crippen molar-refractivity contribution in [3.05, 3.63) is 29.8 Å². The molecular formula is C15H23NO3. The van der Waals surface area contributed by atoms with Crippen molar-refractivity contribution in [1.82, 2.24) is 0 Å². The van der Waals surface area contributed by atoms with E-state index in [1.165, 1.54) is 5.56 Å². The topological polar surface area (TPSA) is 61.5 Å². The first-order chi connectivity index (χ1) is 8.84. The molecule has 0 aliphatic heterocycles. The predicted molar refractivity (Wildman–Crippen MR) is 75.2 cm³/mol. The van der Waals surface area contributed by atoms with E-state index in [-0.39, 0.29) is 12.0 Å². The van der Waals surface area contributed by atoms with Crippen LogP contribution in [0.2, 0.25) is 0 Å². The Bertz CT molecular complexity index is 406. The number of esters is 1. The molecule has 106 valence electrons. The third kappa shape index (κ3) is 4.91. The summed E-state index contributed by atoms with van der Waals surface area (Å²) in [6.45, 7) is 8.65. The van der Waals surface area contributed by atoms with Crippen LogP contribution in [0.4, 0.5) is 0 Å². The number of rotatable bonds is 5. The van der Waals surface area contributed by atoms with Crippen LogP contribution in [0, 0.1) is 0 Å². The van der Waals surface area contributed by atoms with Crippen molar-refractivity contribution in [3.63, 3.8) is 0 Å². The highest BCUT2D eigenvalue weighted by Gasteiger charge is 2.16. The molecule has 1 aromatic rings. The Morgan fingerprint density at radius 2 is 1.84 bits per heavy atom. The van der Waals surface area contributed by atoms with Gasteiger partial charge in [-0.15, -0.1) is 0 Å². The fourth-order valence-corrected chi connectivity index (χ4v) is 1.55. The highest BCUT2D eigenvalue weighted by Crippen LogP contribution is 2.24. The second-order valence-corrected chi connectivity index (χ2v) is 5.44. The van der Waals surface area contributed by atoms with Gasteiger partial charge in [0.15, 0.2) is 0 Å². The molecule has 0 aromatic heterocycles. The van der Waals surface area contributed by atoms with Crippen LogP contribution in [0.5, 0.6) is 5.75 Å². The Labute approximate surface area is 114 Å². The lowest BCUT2D eigenvalue weighted by Crippen LogP contribution is -2.37. The molecule has 1 unspecified atom stereocenters. The van der Waals surface area contributed by atoms with Crippen molar-refractivity contribution >= 4 is 5.97 Å². The minimum absolute atomic E-state index is 0.111. The molecule has 0 saturated carbocycles. The molecule has 0 radical (unpaired) electrons. The maximum Gasteiger partial charge on any atom is 0.326 e. The van der Waals surface area contributed by atoms with E-state index < -0.39 is 12.0 Å². The van der Waals surface area contributed by atoms with Crippen molar-refractivity contribution in [2.45, 2.75) is 39.2 Å². The van der Waals surface area contributed by atoms with Gasteiger partial charge in [0.05, 0.1) is 6.61 Å². The minimum atomic E-state index is -0.748. The number of ether oxygens (including phenoxy) is 2. The summed E-state index contributed by atoms with van der Waals surface area (Å²) in [4.78, 5) is 11.3. The maximum atomic E-state index is 11.3. The van der Waals surface area contributed by atoms with E-state index in [1.54, 1.807) is 6.92 Å². The molecule has 19 heavy (non-hydrogen) atoms. The van der Waals surface area contributed by atoms with Gasteiger partial charge in [-0.1, -0.05) is 32.9 Å². The van der Waals surface area contributed by atoms with E-state index >= 15 is 0 Å². The van der Waals surface area contributed by atoms with Gasteiger partial charge >= 0.3 is 5.97 Å². The zero-order valence-electron chi connectivity index (χ0n) is 12.1. The normalized spacial score (nSPS) is 12.9. The van der Waals surface area contributed by atoms with E-state index in [9.17, 15) is 4.79 Å². The molecule has 0 aliphatic carbocycles. The van der Waals surface area contributed by atoms with Crippen molar-refractivity contribution in [3.8, 4) is 5.75 Å². The lowest BCUT2D eigenvalue weighted by Gasteiger charge is -2.19. The van der Waals surface area contributed by atoms with Crippen LogP contribution in [0.3, 0.4) is 0 Å². The SMILES string of the molecule is CCOC(=O)C(N)COc1ccc(C(C)(C)C)cc1. The van der Waals surface area contributed by atoms with E-state index in [0.717, 1.165) is 0 Å². The van der Waals surface area contributed by atoms with Gasteiger partial charge in [-0.05, 0) is 30.0 Å². The zero-order chi connectivity index (χ0) is 14.5. The van der Waals surface area contributed by atoms with Crippen LogP contribution >= 0.6 is 0 Å². The van der Waals surface area contributed by atoms with Crippen LogP contribution in [0.15, 0.2) is 24.3 Å². The summed E-state index contributed by atoms with van der Waals surface area (Å²) in [5, 5.41) is 0. The predicted octanol–water partition coefficient (Wildman–Crippen LogP) is 2.25. The highest BCUT2D eigenvalue weighted by molar-refractivity contribution is 5.75. The number of hydrogen-bond acceptors (Lipinski definition) is 4. The van der Waals surface area contributed by atoms with Crippen molar-refractivity contribution in [1.29, 1.82) is 0 Å². The van der Waals surface area contributed by atoms with Crippen LogP contribution in [0.25, 0.3) is 0 Å². The lowest BCUT2D eigenvalue weighted by molar-refractivity contribution is -0.145. The summed E-state index contributed by atoms with van der Waals surface area (Å²) >= 11 is 0. The second kappa shape index (κ2) is 6.57. The van der Waals surface area contributed by atoms with Crippen molar-refractivity contribution < 1.29 is 14.3 Å². The van der Waals surface area contributed by atoms with Gasteiger partial charge in [0, 0.05) is 0 Å². The molecule has 0 amide bonds. The number of hydrogen-bond donors (Lipinski definition) is 1. The molecule has 0 heterocycles. The molecule has 1 rings (SSSR count). The molecule has 2 N–H and O–H groups in total. The second-order valence-electron chi connectivity index (χ2n) is 5.44. The van der Waals surface area contributed by atoms with Crippen molar-refractivity contribution in [2.24, 2.45) is 5.73 Å². The smallest absolute Gasteiger partial charge is 0.326 e. The summed E-state index contributed by atoms with van der Waals surface area (Å²) in [5.41, 5.74) is 6.99. The lowest BCUT2D eigenvalue weighted by atomic mass is 9.87. The molecule has 0 fully saturated rings. The molecule has 4 heteroatoms. The Kier molecular flexibility index (Phi) is 5.36. The summed E-state index contributed by atoms with van der Waals surface area (Å²) < 4.78 is 10.3. The van der Waals surface area contributed by atoms with Crippen LogP contribution in [0.1, 0.15) is 33.3 Å². The fourth-order valence-electron chi connectivity index (χ4n) is 1.55. The average molecular weight is 265 g/mol. The third-order valence-corrected chi connectivity index (χ3v) is 2.74. The highest BCUT2D eigenvalue weighted by atomic mass is 16.5. The maximum absolute atomic E-state index is 11.3. The van der Waals surface area contributed by atoms with Gasteiger partial charge < -0.3 is 15.2 Å². The molecule has 4 nitrogen and oxygen atoms in total. The number of benzene rings is 1. The molecular weight excluding hydrogens is 242 g/mol. The standard InChI is InChI=1S/C15H23NO3/c1-5-18-14(17)13(16)10-19-12-8-6-11(7-9-12)15(2,3)4/h6-9,13H,5,10,16H2,1-4H3. The molecule has 1 aromatic carbocycles. The summed E-state index contributed by atoms with van der Waals surface area (Å²) in [5.74, 6) is 0.265. The van der Waals surface area contributed by atoms with Crippen molar-refractivity contribution in [2.75, 3.05) is 13.2 Å². The molecule has 1 atom stereocenters. The Morgan fingerprint density at radius 3 is 2.32 bits per heavy atom. The molecule has 0 aliphatic rings. The third-order valence-electron chi connectivity index (χ3n) is 2.74. The van der Waals surface area contributed by atoms with Gasteiger partial charge in [-0.2, -0.15) is 0 Å². The van der Waals surface area contributed by atoms with Gasteiger partial charge in [-0.25, -0.2) is 0 Å². The minimum Gasteiger partial charge on any atom is -0.491 e. The van der Waals surface area contributed by atoms with E-state index in [4.69, 9.17) is 15.2 Å². The molecule has 0 saturated heterocycles. The Balaban J connectivity index is 2.53. The van der Waals surface area contributed by atoms with Crippen LogP contribution < -0.4 is 10.5 Å². The zero-order valence-corrected chi connectivity index (χ0v) is 12.1. The van der Waals surface area contributed by atoms with Gasteiger partial charge in [0.25, 0.3) is 0 Å². The first kappa shape index (κ1) is 15.5. The summed E-state index contributed by atoms with van der Waals surface area (Å²) in [7, 11) is 0. The first-order valence-electron chi connectivity index (χ1n) is 6.50. The van der Waals surface area contributed by atoms with Crippen LogP contribution in [-0.2, 0) is 14.9 Å². The Hall–Kier alpha value is -1.55. The van der Waals surface area contributed by atoms with Gasteiger partial charge in [0.2, 0.25) is 0 Å². The van der Waals surface area contributed by atoms with E-state index in [2.05, 4.69) is 20.8 Å². The monoisotopic (exact) mass is 265 g/mol. The largest absolute Gasteiger partial charge is 0.491 e. The summed E-state index contributed by atoms with van der Waals surface area (Å²) in [6, 6.07) is 7.06. The fraction of sp³-hybridized carbons (Fsp3) is 0.533. The number of nitrogens with two attached hydrogens (primary N) is 1. The van der Waals surface area contributed by atoms with Crippen LogP contribution in [-0.4, -0.2) is 25.2 Å².